The SMILES string of the molecule is COc1ccc(C2C(CN=C(N)Nc3cccc(OC)c3)CCCN2C)cc1. The largest absolute Gasteiger partial charge is 0.497 e. The van der Waals surface area contributed by atoms with Gasteiger partial charge in [-0.25, -0.2) is 0 Å². The molecule has 2 aromatic carbocycles. The number of nitrogens with zero attached hydrogens (tertiary/aromatic N) is 2. The predicted octanol–water partition coefficient (Wildman–Crippen LogP) is 3.51. The van der Waals surface area contributed by atoms with Crippen molar-refractivity contribution in [2.75, 3.05) is 39.7 Å². The third kappa shape index (κ3) is 4.95. The van der Waals surface area contributed by atoms with E-state index in [2.05, 4.69) is 34.4 Å². The third-order valence-corrected chi connectivity index (χ3v) is 5.30. The van der Waals surface area contributed by atoms with Crippen LogP contribution in [0.25, 0.3) is 0 Å². The van der Waals surface area contributed by atoms with E-state index < -0.39 is 0 Å². The molecule has 0 amide bonds. The molecule has 3 N–H and O–H groups in total. The van der Waals surface area contributed by atoms with Gasteiger partial charge in [-0.2, -0.15) is 0 Å². The van der Waals surface area contributed by atoms with Gasteiger partial charge in [0, 0.05) is 24.3 Å². The number of anilines is 1. The topological polar surface area (TPSA) is 72.1 Å². The number of hydrogen-bond donors (Lipinski definition) is 2. The molecule has 0 bridgehead atoms. The Labute approximate surface area is 167 Å². The summed E-state index contributed by atoms with van der Waals surface area (Å²) in [6, 6.07) is 16.3. The molecular weight excluding hydrogens is 352 g/mol. The smallest absolute Gasteiger partial charge is 0.193 e. The number of piperidine rings is 1. The summed E-state index contributed by atoms with van der Waals surface area (Å²) in [4.78, 5) is 7.05. The van der Waals surface area contributed by atoms with Gasteiger partial charge in [0.05, 0.1) is 14.2 Å². The fourth-order valence-electron chi connectivity index (χ4n) is 3.88. The molecule has 6 nitrogen and oxygen atoms in total. The Morgan fingerprint density at radius 2 is 1.89 bits per heavy atom. The lowest BCUT2D eigenvalue weighted by Crippen LogP contribution is -2.38. The molecule has 0 radical (unpaired) electrons. The molecule has 1 heterocycles. The lowest BCUT2D eigenvalue weighted by molar-refractivity contribution is 0.125. The first kappa shape index (κ1) is 20.0. The molecule has 150 valence electrons. The van der Waals surface area contributed by atoms with Crippen molar-refractivity contribution < 1.29 is 9.47 Å². The molecule has 2 unspecified atom stereocenters. The Morgan fingerprint density at radius 3 is 2.61 bits per heavy atom. The van der Waals surface area contributed by atoms with E-state index in [0.717, 1.165) is 30.2 Å². The highest BCUT2D eigenvalue weighted by Crippen LogP contribution is 2.35. The van der Waals surface area contributed by atoms with Gasteiger partial charge in [-0.3, -0.25) is 9.89 Å². The van der Waals surface area contributed by atoms with Gasteiger partial charge in [-0.1, -0.05) is 18.2 Å². The summed E-state index contributed by atoms with van der Waals surface area (Å²) >= 11 is 0. The molecule has 1 saturated heterocycles. The van der Waals surface area contributed by atoms with Crippen LogP contribution in [0.2, 0.25) is 0 Å². The van der Waals surface area contributed by atoms with Crippen LogP contribution in [-0.4, -0.2) is 45.2 Å². The Morgan fingerprint density at radius 1 is 1.14 bits per heavy atom. The number of benzene rings is 2. The van der Waals surface area contributed by atoms with Crippen LogP contribution in [0.15, 0.2) is 53.5 Å². The van der Waals surface area contributed by atoms with E-state index in [9.17, 15) is 0 Å². The van der Waals surface area contributed by atoms with E-state index in [1.54, 1.807) is 14.2 Å². The normalized spacial score (nSPS) is 20.6. The number of ether oxygens (including phenoxy) is 2. The second kappa shape index (κ2) is 9.46. The van der Waals surface area contributed by atoms with Crippen LogP contribution in [0.3, 0.4) is 0 Å². The zero-order valence-corrected chi connectivity index (χ0v) is 16.9. The Balaban J connectivity index is 1.69. The number of nitrogens with one attached hydrogen (secondary N) is 1. The van der Waals surface area contributed by atoms with Gasteiger partial charge in [0.25, 0.3) is 0 Å². The summed E-state index contributed by atoms with van der Waals surface area (Å²) in [5, 5.41) is 3.15. The van der Waals surface area contributed by atoms with Crippen LogP contribution < -0.4 is 20.5 Å². The van der Waals surface area contributed by atoms with Crippen LogP contribution in [0, 0.1) is 5.92 Å². The third-order valence-electron chi connectivity index (χ3n) is 5.30. The first-order valence-electron chi connectivity index (χ1n) is 9.66. The van der Waals surface area contributed by atoms with E-state index in [1.165, 1.54) is 12.0 Å². The van der Waals surface area contributed by atoms with Crippen molar-refractivity contribution in [1.82, 2.24) is 4.90 Å². The minimum Gasteiger partial charge on any atom is -0.497 e. The van der Waals surface area contributed by atoms with Gasteiger partial charge in [0.1, 0.15) is 11.5 Å². The molecule has 3 rings (SSSR count). The molecule has 0 aromatic heterocycles. The van der Waals surface area contributed by atoms with Crippen molar-refractivity contribution in [2.45, 2.75) is 18.9 Å². The second-order valence-electron chi connectivity index (χ2n) is 7.18. The molecule has 1 aliphatic rings. The van der Waals surface area contributed by atoms with Crippen molar-refractivity contribution >= 4 is 11.6 Å². The van der Waals surface area contributed by atoms with Crippen LogP contribution in [0.5, 0.6) is 11.5 Å². The molecule has 0 spiro atoms. The minimum atomic E-state index is 0.327. The van der Waals surface area contributed by atoms with Gasteiger partial charge in [-0.05, 0) is 62.2 Å². The summed E-state index contributed by atoms with van der Waals surface area (Å²) < 4.78 is 10.5. The average Bonchev–Trinajstić information content (AvgIpc) is 2.72. The van der Waals surface area contributed by atoms with E-state index in [-0.39, 0.29) is 0 Å². The minimum absolute atomic E-state index is 0.327. The summed E-state index contributed by atoms with van der Waals surface area (Å²) in [5.41, 5.74) is 8.30. The molecule has 2 atom stereocenters. The zero-order chi connectivity index (χ0) is 19.9. The number of aliphatic imine (C=N–C) groups is 1. The van der Waals surface area contributed by atoms with Crippen LogP contribution >= 0.6 is 0 Å². The Hall–Kier alpha value is -2.73. The van der Waals surface area contributed by atoms with E-state index in [1.807, 2.05) is 36.4 Å². The van der Waals surface area contributed by atoms with E-state index in [0.29, 0.717) is 24.5 Å². The number of nitrogens with two attached hydrogens (primary N) is 1. The maximum Gasteiger partial charge on any atom is 0.193 e. The number of likely N-dealkylation sites (tertiary alicyclic amines) is 1. The van der Waals surface area contributed by atoms with E-state index >= 15 is 0 Å². The van der Waals surface area contributed by atoms with Crippen molar-refractivity contribution in [3.8, 4) is 11.5 Å². The summed E-state index contributed by atoms with van der Waals surface area (Å²) in [6.07, 6.45) is 2.31. The van der Waals surface area contributed by atoms with Crippen molar-refractivity contribution in [2.24, 2.45) is 16.6 Å². The lowest BCUT2D eigenvalue weighted by atomic mass is 9.85. The zero-order valence-electron chi connectivity index (χ0n) is 16.9. The molecule has 28 heavy (non-hydrogen) atoms. The monoisotopic (exact) mass is 382 g/mol. The lowest BCUT2D eigenvalue weighted by Gasteiger charge is -2.39. The maximum absolute atomic E-state index is 6.14. The van der Waals surface area contributed by atoms with Gasteiger partial charge in [-0.15, -0.1) is 0 Å². The highest BCUT2D eigenvalue weighted by Gasteiger charge is 2.30. The molecule has 1 aliphatic heterocycles. The van der Waals surface area contributed by atoms with Crippen molar-refractivity contribution in [1.29, 1.82) is 0 Å². The van der Waals surface area contributed by atoms with E-state index in [4.69, 9.17) is 15.2 Å². The average molecular weight is 383 g/mol. The van der Waals surface area contributed by atoms with Gasteiger partial charge in [0.15, 0.2) is 5.96 Å². The van der Waals surface area contributed by atoms with Crippen LogP contribution in [0.4, 0.5) is 5.69 Å². The van der Waals surface area contributed by atoms with Crippen molar-refractivity contribution in [3.63, 3.8) is 0 Å². The van der Waals surface area contributed by atoms with Crippen molar-refractivity contribution in [3.05, 3.63) is 54.1 Å². The quantitative estimate of drug-likeness (QED) is 0.591. The molecule has 6 heteroatoms. The fourth-order valence-corrected chi connectivity index (χ4v) is 3.88. The van der Waals surface area contributed by atoms with Gasteiger partial charge < -0.3 is 20.5 Å². The number of rotatable bonds is 6. The standard InChI is InChI=1S/C22H30N4O2/c1-26-13-5-6-17(21(26)16-9-11-19(27-2)12-10-16)15-24-22(23)25-18-7-4-8-20(14-18)28-3/h4,7-12,14,17,21H,5-6,13,15H2,1-3H3,(H3,23,24,25). The predicted molar refractivity (Wildman–Crippen MR) is 114 cm³/mol. The number of guanidine groups is 1. The maximum atomic E-state index is 6.14. The van der Waals surface area contributed by atoms with Crippen LogP contribution in [-0.2, 0) is 0 Å². The molecule has 2 aromatic rings. The molecule has 0 aliphatic carbocycles. The molecule has 0 saturated carbocycles. The summed E-state index contributed by atoms with van der Waals surface area (Å²) in [5.74, 6) is 2.50. The summed E-state index contributed by atoms with van der Waals surface area (Å²) in [7, 11) is 5.52. The number of methoxy groups -OCH3 is 2. The highest BCUT2D eigenvalue weighted by atomic mass is 16.5. The first-order valence-corrected chi connectivity index (χ1v) is 9.66. The fraction of sp³-hybridized carbons (Fsp3) is 0.409. The second-order valence-corrected chi connectivity index (χ2v) is 7.18. The Kier molecular flexibility index (Phi) is 6.76. The highest BCUT2D eigenvalue weighted by molar-refractivity contribution is 5.92. The van der Waals surface area contributed by atoms with Crippen LogP contribution in [0.1, 0.15) is 24.4 Å². The first-order chi connectivity index (χ1) is 13.6. The number of hydrogen-bond acceptors (Lipinski definition) is 4. The van der Waals surface area contributed by atoms with Gasteiger partial charge >= 0.3 is 0 Å². The molecular formula is C22H30N4O2. The Bertz CT molecular complexity index is 791. The molecule has 1 fully saturated rings. The summed E-state index contributed by atoms with van der Waals surface area (Å²) in [6.45, 7) is 1.78. The van der Waals surface area contributed by atoms with Gasteiger partial charge in [0.2, 0.25) is 0 Å².